The largest absolute Gasteiger partial charge is 0.497 e. The first-order valence-corrected chi connectivity index (χ1v) is 16.5. The van der Waals surface area contributed by atoms with Crippen molar-refractivity contribution in [2.75, 3.05) is 20.2 Å². The molecule has 1 aromatic heterocycles. The topological polar surface area (TPSA) is 116 Å². The highest BCUT2D eigenvalue weighted by molar-refractivity contribution is 7.87. The van der Waals surface area contributed by atoms with Crippen LogP contribution in [0.25, 0.3) is 22.2 Å². The van der Waals surface area contributed by atoms with Crippen molar-refractivity contribution in [1.82, 2.24) is 14.8 Å². The molecule has 4 aromatic rings. The Balaban J connectivity index is 1.44. The van der Waals surface area contributed by atoms with E-state index in [4.69, 9.17) is 13.7 Å². The van der Waals surface area contributed by atoms with Gasteiger partial charge >= 0.3 is 16.2 Å². The van der Waals surface area contributed by atoms with E-state index in [0.29, 0.717) is 28.1 Å². The maximum absolute atomic E-state index is 13.7. The molecule has 3 aromatic carbocycles. The summed E-state index contributed by atoms with van der Waals surface area (Å²) in [6.45, 7) is 8.40. The molecule has 0 bridgehead atoms. The average Bonchev–Trinajstić information content (AvgIpc) is 3.58. The molecule has 0 atom stereocenters. The van der Waals surface area contributed by atoms with Gasteiger partial charge in [-0.25, -0.2) is 9.36 Å². The number of methoxy groups -OCH3 is 1. The smallest absolute Gasteiger partial charge is 0.419 e. The number of carbonyl (C=O) groups is 2. The van der Waals surface area contributed by atoms with Crippen molar-refractivity contribution < 1.29 is 31.7 Å². The second kappa shape index (κ2) is 11.9. The van der Waals surface area contributed by atoms with E-state index in [1.54, 1.807) is 39.0 Å². The highest BCUT2D eigenvalue weighted by Crippen LogP contribution is 2.39. The van der Waals surface area contributed by atoms with Gasteiger partial charge in [-0.2, -0.15) is 8.42 Å². The maximum atomic E-state index is 13.7. The number of aromatic nitrogens is 1. The van der Waals surface area contributed by atoms with Crippen LogP contribution in [0.3, 0.4) is 0 Å². The molecule has 1 amide bonds. The number of benzene rings is 3. The molecule has 1 N–H and O–H groups in total. The molecule has 0 unspecified atom stereocenters. The highest BCUT2D eigenvalue weighted by Gasteiger charge is 2.32. The summed E-state index contributed by atoms with van der Waals surface area (Å²) >= 11 is 0. The molecular weight excluding hydrogens is 594 g/mol. The van der Waals surface area contributed by atoms with E-state index in [0.717, 1.165) is 30.6 Å². The standard InChI is InChI=1S/C34H37N3O7S/c1-34(2,3)43-33(39)37-28-13-11-22(21-36-15-6-5-7-16-36)17-23(28)18-29(37)26-12-14-30(27-20-35-32(38)31(26)27)44-45(40,41)25-10-8-9-24(19-25)42-4/h8-14,17-19H,5-7,15-16,20-21H2,1-4H3,(H,35,38). The SMILES string of the molecule is COc1cccc(S(=O)(=O)Oc2ccc(-c3cc4cc(CN5CCCCC5)ccc4n3C(=O)OC(C)(C)C)c3c2CNC3=O)c1. The number of likely N-dealkylation sites (tertiary alicyclic amines) is 1. The van der Waals surface area contributed by atoms with Crippen molar-refractivity contribution >= 4 is 33.0 Å². The minimum Gasteiger partial charge on any atom is -0.497 e. The number of nitrogens with one attached hydrogen (secondary N) is 1. The Bertz CT molecular complexity index is 1900. The molecule has 0 saturated carbocycles. The third-order valence-corrected chi connectivity index (χ3v) is 9.26. The molecule has 10 nitrogen and oxygen atoms in total. The van der Waals surface area contributed by atoms with E-state index in [2.05, 4.69) is 16.3 Å². The van der Waals surface area contributed by atoms with Crippen molar-refractivity contribution in [3.05, 3.63) is 77.4 Å². The van der Waals surface area contributed by atoms with Crippen LogP contribution in [0.5, 0.6) is 11.5 Å². The normalized spacial score (nSPS) is 15.5. The summed E-state index contributed by atoms with van der Waals surface area (Å²) < 4.78 is 44.5. The minimum absolute atomic E-state index is 0.0265. The highest BCUT2D eigenvalue weighted by atomic mass is 32.2. The lowest BCUT2D eigenvalue weighted by atomic mass is 9.99. The number of rotatable bonds is 7. The molecule has 0 radical (unpaired) electrons. The van der Waals surface area contributed by atoms with Crippen LogP contribution in [-0.4, -0.2) is 55.7 Å². The number of ether oxygens (including phenoxy) is 2. The lowest BCUT2D eigenvalue weighted by Crippen LogP contribution is -2.29. The van der Waals surface area contributed by atoms with Gasteiger partial charge in [0, 0.05) is 35.7 Å². The summed E-state index contributed by atoms with van der Waals surface area (Å²) in [6.07, 6.45) is 3.06. The summed E-state index contributed by atoms with van der Waals surface area (Å²) in [5.41, 5.74) is 2.58. The van der Waals surface area contributed by atoms with Crippen molar-refractivity contribution in [2.45, 2.75) is 63.6 Å². The van der Waals surface area contributed by atoms with Gasteiger partial charge in [0.05, 0.1) is 23.9 Å². The molecule has 2 aliphatic rings. The fraction of sp³-hybridized carbons (Fsp3) is 0.353. The molecule has 2 aliphatic heterocycles. The van der Waals surface area contributed by atoms with Gasteiger partial charge in [0.1, 0.15) is 22.0 Å². The van der Waals surface area contributed by atoms with Crippen LogP contribution in [0.15, 0.2) is 65.6 Å². The van der Waals surface area contributed by atoms with Crippen LogP contribution < -0.4 is 14.2 Å². The summed E-state index contributed by atoms with van der Waals surface area (Å²) in [4.78, 5) is 29.3. The van der Waals surface area contributed by atoms with Crippen molar-refractivity contribution in [2.24, 2.45) is 0 Å². The third kappa shape index (κ3) is 6.27. The first-order chi connectivity index (χ1) is 21.4. The van der Waals surface area contributed by atoms with Gasteiger partial charge in [-0.3, -0.25) is 9.69 Å². The molecule has 11 heteroatoms. The molecule has 0 spiro atoms. The molecule has 3 heterocycles. The number of amides is 1. The van der Waals surface area contributed by atoms with Crippen LogP contribution in [0.4, 0.5) is 4.79 Å². The lowest BCUT2D eigenvalue weighted by Gasteiger charge is -2.26. The maximum Gasteiger partial charge on any atom is 0.419 e. The summed E-state index contributed by atoms with van der Waals surface area (Å²) in [7, 11) is -2.80. The zero-order valence-electron chi connectivity index (χ0n) is 25.9. The molecule has 6 rings (SSSR count). The lowest BCUT2D eigenvalue weighted by molar-refractivity contribution is 0.0546. The quantitative estimate of drug-likeness (QED) is 0.244. The van der Waals surface area contributed by atoms with E-state index in [1.807, 2.05) is 18.2 Å². The van der Waals surface area contributed by atoms with Gasteiger partial charge in [0.25, 0.3) is 5.91 Å². The summed E-state index contributed by atoms with van der Waals surface area (Å²) in [6, 6.07) is 17.0. The van der Waals surface area contributed by atoms with Gasteiger partial charge in [0.2, 0.25) is 0 Å². The zero-order chi connectivity index (χ0) is 31.9. The number of hydrogen-bond acceptors (Lipinski definition) is 8. The Morgan fingerprint density at radius 2 is 1.76 bits per heavy atom. The first-order valence-electron chi connectivity index (χ1n) is 15.1. The Hall–Kier alpha value is -4.35. The van der Waals surface area contributed by atoms with E-state index in [-0.39, 0.29) is 22.8 Å². The molecular formula is C34H37N3O7S. The van der Waals surface area contributed by atoms with Crippen LogP contribution in [0.1, 0.15) is 61.5 Å². The van der Waals surface area contributed by atoms with Gasteiger partial charge in [0.15, 0.2) is 0 Å². The molecule has 0 aliphatic carbocycles. The fourth-order valence-electron chi connectivity index (χ4n) is 5.98. The second-order valence-electron chi connectivity index (χ2n) is 12.4. The van der Waals surface area contributed by atoms with Crippen molar-refractivity contribution in [3.8, 4) is 22.8 Å². The van der Waals surface area contributed by atoms with Crippen LogP contribution >= 0.6 is 0 Å². The predicted molar refractivity (Wildman–Crippen MR) is 170 cm³/mol. The molecule has 1 fully saturated rings. The monoisotopic (exact) mass is 631 g/mol. The Morgan fingerprint density at radius 1 is 0.978 bits per heavy atom. The van der Waals surface area contributed by atoms with Gasteiger partial charge in [-0.05, 0) is 94.7 Å². The Labute approximate surface area is 263 Å². The molecule has 45 heavy (non-hydrogen) atoms. The molecule has 1 saturated heterocycles. The Kier molecular flexibility index (Phi) is 8.09. The number of fused-ring (bicyclic) bond motifs is 2. The van der Waals surface area contributed by atoms with Gasteiger partial charge in [-0.1, -0.05) is 18.6 Å². The molecule has 236 valence electrons. The van der Waals surface area contributed by atoms with Crippen LogP contribution in [0.2, 0.25) is 0 Å². The van der Waals surface area contributed by atoms with Crippen molar-refractivity contribution in [1.29, 1.82) is 0 Å². The third-order valence-electron chi connectivity index (χ3n) is 8.02. The van der Waals surface area contributed by atoms with Crippen LogP contribution in [0, 0.1) is 0 Å². The van der Waals surface area contributed by atoms with E-state index in [9.17, 15) is 18.0 Å². The number of hydrogen-bond donors (Lipinski definition) is 1. The average molecular weight is 632 g/mol. The minimum atomic E-state index is -4.24. The van der Waals surface area contributed by atoms with Crippen molar-refractivity contribution in [3.63, 3.8) is 0 Å². The van der Waals surface area contributed by atoms with E-state index in [1.165, 1.54) is 49.1 Å². The van der Waals surface area contributed by atoms with Gasteiger partial charge in [-0.15, -0.1) is 0 Å². The first kappa shape index (κ1) is 30.7. The van der Waals surface area contributed by atoms with Gasteiger partial charge < -0.3 is 19.0 Å². The Morgan fingerprint density at radius 3 is 2.49 bits per heavy atom. The summed E-state index contributed by atoms with van der Waals surface area (Å²) in [5.74, 6) is 0.000769. The zero-order valence-corrected chi connectivity index (χ0v) is 26.7. The van der Waals surface area contributed by atoms with E-state index < -0.39 is 27.7 Å². The number of piperidine rings is 1. The second-order valence-corrected chi connectivity index (χ2v) is 14.0. The predicted octanol–water partition coefficient (Wildman–Crippen LogP) is 6.10. The number of carbonyl (C=O) groups excluding carboxylic acids is 2. The fourth-order valence-corrected chi connectivity index (χ4v) is 6.97. The van der Waals surface area contributed by atoms with E-state index >= 15 is 0 Å². The summed E-state index contributed by atoms with van der Waals surface area (Å²) in [5, 5.41) is 3.62. The number of nitrogens with zero attached hydrogens (tertiary/aromatic N) is 2. The van der Waals surface area contributed by atoms with Crippen LogP contribution in [-0.2, 0) is 27.9 Å².